The number of hydrogen-bond donors (Lipinski definition) is 1. The van der Waals surface area contributed by atoms with Gasteiger partial charge in [-0.05, 0) is 37.6 Å². The van der Waals surface area contributed by atoms with Crippen LogP contribution in [0.4, 0.5) is 0 Å². The number of benzene rings is 1. The van der Waals surface area contributed by atoms with E-state index >= 15 is 0 Å². The van der Waals surface area contributed by atoms with Gasteiger partial charge in [-0.25, -0.2) is 4.98 Å². The molecule has 1 saturated heterocycles. The number of rotatable bonds is 6. The molecule has 2 aromatic rings. The van der Waals surface area contributed by atoms with E-state index < -0.39 is 0 Å². The van der Waals surface area contributed by atoms with Gasteiger partial charge in [0.05, 0.1) is 6.61 Å². The molecule has 1 fully saturated rings. The Bertz CT molecular complexity index is 583. The van der Waals surface area contributed by atoms with Crippen LogP contribution in [-0.4, -0.2) is 24.7 Å². The van der Waals surface area contributed by atoms with Crippen molar-refractivity contribution in [2.75, 3.05) is 19.7 Å². The number of nitrogens with one attached hydrogen (secondary N) is 1. The third-order valence-electron chi connectivity index (χ3n) is 3.93. The number of nitrogens with zero attached hydrogens (tertiary/aromatic N) is 1. The lowest BCUT2D eigenvalue weighted by molar-refractivity contribution is 0.136. The van der Waals surface area contributed by atoms with Gasteiger partial charge in [-0.15, -0.1) is 0 Å². The standard InChI is InChI=1S/C18H22N2O2/c1-2-21-18-16(9-6-11-20-18)22-17(15-10-12-19-13-15)14-7-4-3-5-8-14/h3-9,11,15,17,19H,2,10,12-13H2,1H3/t15?,17-/m1/s1. The van der Waals surface area contributed by atoms with Crippen molar-refractivity contribution in [3.63, 3.8) is 0 Å². The molecule has 0 amide bonds. The van der Waals surface area contributed by atoms with E-state index in [4.69, 9.17) is 9.47 Å². The molecule has 2 heterocycles. The fourth-order valence-corrected chi connectivity index (χ4v) is 2.86. The fraction of sp³-hybridized carbons (Fsp3) is 0.389. The highest BCUT2D eigenvalue weighted by atomic mass is 16.5. The Labute approximate surface area is 131 Å². The van der Waals surface area contributed by atoms with Crippen LogP contribution in [0, 0.1) is 5.92 Å². The van der Waals surface area contributed by atoms with Crippen molar-refractivity contribution in [3.05, 3.63) is 54.2 Å². The van der Waals surface area contributed by atoms with Crippen LogP contribution < -0.4 is 14.8 Å². The maximum atomic E-state index is 6.34. The lowest BCUT2D eigenvalue weighted by Gasteiger charge is -2.25. The van der Waals surface area contributed by atoms with Crippen molar-refractivity contribution >= 4 is 0 Å². The predicted molar refractivity (Wildman–Crippen MR) is 86.2 cm³/mol. The first-order chi connectivity index (χ1) is 10.9. The molecule has 2 atom stereocenters. The Morgan fingerprint density at radius 3 is 2.82 bits per heavy atom. The molecule has 22 heavy (non-hydrogen) atoms. The van der Waals surface area contributed by atoms with Crippen LogP contribution in [0.15, 0.2) is 48.7 Å². The van der Waals surface area contributed by atoms with Crippen LogP contribution >= 0.6 is 0 Å². The van der Waals surface area contributed by atoms with E-state index in [1.807, 2.05) is 25.1 Å². The Morgan fingerprint density at radius 2 is 2.09 bits per heavy atom. The van der Waals surface area contributed by atoms with Gasteiger partial charge in [-0.2, -0.15) is 0 Å². The Hall–Kier alpha value is -2.07. The molecule has 0 radical (unpaired) electrons. The Balaban J connectivity index is 1.87. The molecule has 1 aliphatic rings. The highest BCUT2D eigenvalue weighted by molar-refractivity contribution is 5.34. The molecule has 0 spiro atoms. The first-order valence-corrected chi connectivity index (χ1v) is 7.88. The summed E-state index contributed by atoms with van der Waals surface area (Å²) in [5.74, 6) is 1.74. The summed E-state index contributed by atoms with van der Waals surface area (Å²) in [4.78, 5) is 4.28. The monoisotopic (exact) mass is 298 g/mol. The number of hydrogen-bond acceptors (Lipinski definition) is 4. The van der Waals surface area contributed by atoms with Gasteiger partial charge in [0.15, 0.2) is 5.75 Å². The van der Waals surface area contributed by atoms with Crippen molar-refractivity contribution in [1.29, 1.82) is 0 Å². The summed E-state index contributed by atoms with van der Waals surface area (Å²) in [5.41, 5.74) is 1.20. The number of aromatic nitrogens is 1. The number of pyridine rings is 1. The van der Waals surface area contributed by atoms with Crippen LogP contribution in [0.5, 0.6) is 11.6 Å². The molecule has 116 valence electrons. The molecule has 1 aromatic carbocycles. The molecule has 0 saturated carbocycles. The van der Waals surface area contributed by atoms with Gasteiger partial charge in [0.1, 0.15) is 6.10 Å². The molecular weight excluding hydrogens is 276 g/mol. The second-order valence-corrected chi connectivity index (χ2v) is 5.44. The summed E-state index contributed by atoms with van der Waals surface area (Å²) in [6, 6.07) is 14.2. The molecule has 1 aliphatic heterocycles. The molecule has 0 aliphatic carbocycles. The summed E-state index contributed by atoms with van der Waals surface area (Å²) in [6.07, 6.45) is 2.86. The van der Waals surface area contributed by atoms with Crippen LogP contribution in [0.25, 0.3) is 0 Å². The summed E-state index contributed by atoms with van der Waals surface area (Å²) in [6.45, 7) is 4.55. The zero-order valence-electron chi connectivity index (χ0n) is 12.9. The van der Waals surface area contributed by atoms with E-state index in [1.165, 1.54) is 5.56 Å². The van der Waals surface area contributed by atoms with Crippen molar-refractivity contribution in [2.24, 2.45) is 5.92 Å². The summed E-state index contributed by atoms with van der Waals surface area (Å²) in [5, 5.41) is 3.42. The average Bonchev–Trinajstić information content (AvgIpc) is 3.09. The molecule has 1 unspecified atom stereocenters. The maximum absolute atomic E-state index is 6.34. The van der Waals surface area contributed by atoms with Crippen molar-refractivity contribution in [2.45, 2.75) is 19.4 Å². The summed E-state index contributed by atoms with van der Waals surface area (Å²) in [7, 11) is 0. The van der Waals surface area contributed by atoms with E-state index in [1.54, 1.807) is 6.20 Å². The summed E-state index contributed by atoms with van der Waals surface area (Å²) >= 11 is 0. The first-order valence-electron chi connectivity index (χ1n) is 7.88. The third kappa shape index (κ3) is 3.39. The minimum Gasteiger partial charge on any atom is -0.480 e. The zero-order chi connectivity index (χ0) is 15.2. The van der Waals surface area contributed by atoms with Crippen molar-refractivity contribution in [1.82, 2.24) is 10.3 Å². The maximum Gasteiger partial charge on any atom is 0.257 e. The smallest absolute Gasteiger partial charge is 0.257 e. The van der Waals surface area contributed by atoms with E-state index in [0.717, 1.165) is 19.5 Å². The van der Waals surface area contributed by atoms with Crippen LogP contribution in [0.3, 0.4) is 0 Å². The lowest BCUT2D eigenvalue weighted by Crippen LogP contribution is -2.21. The molecule has 3 rings (SSSR count). The summed E-state index contributed by atoms with van der Waals surface area (Å²) < 4.78 is 11.9. The topological polar surface area (TPSA) is 43.4 Å². The Morgan fingerprint density at radius 1 is 1.23 bits per heavy atom. The van der Waals surface area contributed by atoms with E-state index in [9.17, 15) is 0 Å². The van der Waals surface area contributed by atoms with E-state index in [0.29, 0.717) is 24.2 Å². The Kier molecular flexibility index (Phi) is 4.91. The SMILES string of the molecule is CCOc1ncccc1O[C@H](c1ccccc1)C1CCNC1. The normalized spacial score (nSPS) is 18.9. The minimum atomic E-state index is 0.0135. The zero-order valence-corrected chi connectivity index (χ0v) is 12.9. The predicted octanol–water partition coefficient (Wildman–Crippen LogP) is 3.21. The van der Waals surface area contributed by atoms with Gasteiger partial charge in [-0.1, -0.05) is 30.3 Å². The molecule has 1 N–H and O–H groups in total. The third-order valence-corrected chi connectivity index (χ3v) is 3.93. The molecular formula is C18H22N2O2. The quantitative estimate of drug-likeness (QED) is 0.889. The van der Waals surface area contributed by atoms with Crippen molar-refractivity contribution in [3.8, 4) is 11.6 Å². The minimum absolute atomic E-state index is 0.0135. The molecule has 4 heteroatoms. The highest BCUT2D eigenvalue weighted by Gasteiger charge is 2.28. The average molecular weight is 298 g/mol. The van der Waals surface area contributed by atoms with Gasteiger partial charge in [-0.3, -0.25) is 0 Å². The second-order valence-electron chi connectivity index (χ2n) is 5.44. The molecule has 4 nitrogen and oxygen atoms in total. The van der Waals surface area contributed by atoms with Crippen molar-refractivity contribution < 1.29 is 9.47 Å². The molecule has 1 aromatic heterocycles. The largest absolute Gasteiger partial charge is 0.480 e. The van der Waals surface area contributed by atoms with Gasteiger partial charge in [0.2, 0.25) is 0 Å². The first kappa shape index (κ1) is 14.9. The van der Waals surface area contributed by atoms with Crippen LogP contribution in [0.1, 0.15) is 25.0 Å². The van der Waals surface area contributed by atoms with E-state index in [-0.39, 0.29) is 6.10 Å². The van der Waals surface area contributed by atoms with Crippen LogP contribution in [0.2, 0.25) is 0 Å². The number of ether oxygens (including phenoxy) is 2. The van der Waals surface area contributed by atoms with Gasteiger partial charge < -0.3 is 14.8 Å². The van der Waals surface area contributed by atoms with Gasteiger partial charge >= 0.3 is 0 Å². The van der Waals surface area contributed by atoms with Gasteiger partial charge in [0, 0.05) is 18.7 Å². The van der Waals surface area contributed by atoms with Gasteiger partial charge in [0.25, 0.3) is 5.88 Å². The second kappa shape index (κ2) is 7.27. The highest BCUT2D eigenvalue weighted by Crippen LogP contribution is 2.35. The molecule has 0 bridgehead atoms. The lowest BCUT2D eigenvalue weighted by atomic mass is 9.95. The fourth-order valence-electron chi connectivity index (χ4n) is 2.86. The van der Waals surface area contributed by atoms with E-state index in [2.05, 4.69) is 34.6 Å². The van der Waals surface area contributed by atoms with Crippen LogP contribution in [-0.2, 0) is 0 Å².